The number of aromatic nitrogens is 2. The van der Waals surface area contributed by atoms with Gasteiger partial charge in [-0.3, -0.25) is 4.68 Å². The smallest absolute Gasteiger partial charge is 0.355 e. The van der Waals surface area contributed by atoms with Crippen LogP contribution >= 0.6 is 0 Å². The zero-order valence-electron chi connectivity index (χ0n) is 16.7. The van der Waals surface area contributed by atoms with Crippen LogP contribution in [-0.4, -0.2) is 35.9 Å². The Morgan fingerprint density at radius 2 is 1.87 bits per heavy atom. The Kier molecular flexibility index (Phi) is 6.31. The molecule has 156 valence electrons. The number of anilines is 1. The lowest BCUT2D eigenvalue weighted by molar-refractivity contribution is -0.139. The van der Waals surface area contributed by atoms with Crippen LogP contribution in [-0.2, 0) is 32.7 Å². The van der Waals surface area contributed by atoms with Crippen LogP contribution in [0.5, 0.6) is 5.75 Å². The van der Waals surface area contributed by atoms with Crippen molar-refractivity contribution in [3.05, 3.63) is 77.7 Å². The SMILES string of the molecule is COC(=O)C1=C(C(=O)OC)N(c2cc(F)ccc2OCc2ccnn2C)C=CC=C1. The van der Waals surface area contributed by atoms with Gasteiger partial charge in [0.25, 0.3) is 0 Å². The standard InChI is InChI=1S/C21H20FN3O5/c1-24-15(9-10-23-24)13-30-18-8-7-14(22)12-17(18)25-11-5-4-6-16(20(26)28-2)19(25)21(27)29-3/h4-12H,13H2,1-3H3. The molecule has 0 N–H and O–H groups in total. The van der Waals surface area contributed by atoms with Crippen molar-refractivity contribution < 1.29 is 28.2 Å². The van der Waals surface area contributed by atoms with Gasteiger partial charge in [-0.15, -0.1) is 0 Å². The van der Waals surface area contributed by atoms with Crippen molar-refractivity contribution in [3.8, 4) is 5.75 Å². The quantitative estimate of drug-likeness (QED) is 0.673. The monoisotopic (exact) mass is 413 g/mol. The summed E-state index contributed by atoms with van der Waals surface area (Å²) in [4.78, 5) is 26.2. The van der Waals surface area contributed by atoms with Crippen LogP contribution in [0, 0.1) is 5.82 Å². The molecule has 0 radical (unpaired) electrons. The minimum Gasteiger partial charge on any atom is -0.485 e. The molecule has 2 heterocycles. The number of hydrogen-bond acceptors (Lipinski definition) is 7. The van der Waals surface area contributed by atoms with Gasteiger partial charge in [0.2, 0.25) is 0 Å². The molecule has 30 heavy (non-hydrogen) atoms. The van der Waals surface area contributed by atoms with Gasteiger partial charge < -0.3 is 19.1 Å². The maximum atomic E-state index is 14.2. The van der Waals surface area contributed by atoms with E-state index in [4.69, 9.17) is 14.2 Å². The third kappa shape index (κ3) is 4.24. The Balaban J connectivity index is 2.09. The highest BCUT2D eigenvalue weighted by Gasteiger charge is 2.29. The molecule has 0 saturated carbocycles. The first-order valence-electron chi connectivity index (χ1n) is 8.90. The van der Waals surface area contributed by atoms with E-state index in [9.17, 15) is 14.0 Å². The molecule has 1 aromatic heterocycles. The molecule has 1 aromatic carbocycles. The minimum absolute atomic E-state index is 0.0452. The minimum atomic E-state index is -0.798. The number of allylic oxidation sites excluding steroid dienone is 2. The summed E-state index contributed by atoms with van der Waals surface area (Å²) in [7, 11) is 4.16. The Labute approximate surface area is 172 Å². The summed E-state index contributed by atoms with van der Waals surface area (Å²) in [6.45, 7) is 0.159. The van der Waals surface area contributed by atoms with Crippen LogP contribution in [0.1, 0.15) is 5.69 Å². The highest BCUT2D eigenvalue weighted by atomic mass is 19.1. The van der Waals surface area contributed by atoms with E-state index in [-0.39, 0.29) is 29.3 Å². The van der Waals surface area contributed by atoms with Crippen LogP contribution in [0.4, 0.5) is 10.1 Å². The van der Waals surface area contributed by atoms with Crippen molar-refractivity contribution >= 4 is 17.6 Å². The average Bonchev–Trinajstić information content (AvgIpc) is 3.03. The van der Waals surface area contributed by atoms with Crippen LogP contribution in [0.3, 0.4) is 0 Å². The number of halogens is 1. The molecule has 1 aliphatic rings. The molecular formula is C21H20FN3O5. The largest absolute Gasteiger partial charge is 0.485 e. The summed E-state index contributed by atoms with van der Waals surface area (Å²) in [6, 6.07) is 5.67. The lowest BCUT2D eigenvalue weighted by Crippen LogP contribution is -2.27. The van der Waals surface area contributed by atoms with E-state index in [0.29, 0.717) is 0 Å². The van der Waals surface area contributed by atoms with E-state index in [1.165, 1.54) is 49.6 Å². The predicted molar refractivity (Wildman–Crippen MR) is 106 cm³/mol. The predicted octanol–water partition coefficient (Wildman–Crippen LogP) is 2.63. The number of ether oxygens (including phenoxy) is 3. The molecule has 0 saturated heterocycles. The summed E-state index contributed by atoms with van der Waals surface area (Å²) in [5, 5.41) is 4.08. The highest BCUT2D eigenvalue weighted by molar-refractivity contribution is 6.05. The van der Waals surface area contributed by atoms with Crippen molar-refractivity contribution in [2.75, 3.05) is 19.1 Å². The number of carbonyl (C=O) groups excluding carboxylic acids is 2. The number of esters is 2. The summed E-state index contributed by atoms with van der Waals surface area (Å²) in [6.07, 6.45) is 7.71. The van der Waals surface area contributed by atoms with Gasteiger partial charge in [0.1, 0.15) is 23.9 Å². The topological polar surface area (TPSA) is 82.9 Å². The van der Waals surface area contributed by atoms with E-state index in [1.54, 1.807) is 36.1 Å². The average molecular weight is 413 g/mol. The molecule has 8 nitrogen and oxygen atoms in total. The number of methoxy groups -OCH3 is 2. The first-order chi connectivity index (χ1) is 14.5. The second-order valence-electron chi connectivity index (χ2n) is 6.16. The van der Waals surface area contributed by atoms with E-state index >= 15 is 0 Å². The highest BCUT2D eigenvalue weighted by Crippen LogP contribution is 2.35. The van der Waals surface area contributed by atoms with Gasteiger partial charge in [0, 0.05) is 25.5 Å². The van der Waals surface area contributed by atoms with Gasteiger partial charge in [-0.05, 0) is 30.4 Å². The van der Waals surface area contributed by atoms with Crippen molar-refractivity contribution in [2.45, 2.75) is 6.61 Å². The number of nitrogens with zero attached hydrogens (tertiary/aromatic N) is 3. The van der Waals surface area contributed by atoms with E-state index in [2.05, 4.69) is 5.10 Å². The molecule has 0 spiro atoms. The third-order valence-corrected chi connectivity index (χ3v) is 4.37. The molecule has 0 fully saturated rings. The maximum absolute atomic E-state index is 14.2. The van der Waals surface area contributed by atoms with E-state index < -0.39 is 17.8 Å². The second kappa shape index (κ2) is 9.08. The van der Waals surface area contributed by atoms with Gasteiger partial charge >= 0.3 is 11.9 Å². The Morgan fingerprint density at radius 3 is 2.53 bits per heavy atom. The van der Waals surface area contributed by atoms with Crippen molar-refractivity contribution in [3.63, 3.8) is 0 Å². The molecule has 2 aromatic rings. The maximum Gasteiger partial charge on any atom is 0.355 e. The van der Waals surface area contributed by atoms with Gasteiger partial charge in [-0.1, -0.05) is 6.08 Å². The molecule has 0 amide bonds. The molecule has 1 aliphatic heterocycles. The Bertz CT molecular complexity index is 1050. The molecular weight excluding hydrogens is 393 g/mol. The van der Waals surface area contributed by atoms with Crippen LogP contribution in [0.25, 0.3) is 0 Å². The van der Waals surface area contributed by atoms with Gasteiger partial charge in [-0.25, -0.2) is 14.0 Å². The van der Waals surface area contributed by atoms with Gasteiger partial charge in [0.15, 0.2) is 0 Å². The van der Waals surface area contributed by atoms with E-state index in [0.717, 1.165) is 5.69 Å². The summed E-state index contributed by atoms with van der Waals surface area (Å²) >= 11 is 0. The van der Waals surface area contributed by atoms with Gasteiger partial charge in [0.05, 0.1) is 31.2 Å². The molecule has 0 atom stereocenters. The van der Waals surface area contributed by atoms with Gasteiger partial charge in [-0.2, -0.15) is 5.10 Å². The van der Waals surface area contributed by atoms with Crippen molar-refractivity contribution in [2.24, 2.45) is 7.05 Å². The van der Waals surface area contributed by atoms with Crippen LogP contribution < -0.4 is 9.64 Å². The zero-order chi connectivity index (χ0) is 21.7. The van der Waals surface area contributed by atoms with Crippen LogP contribution in [0.2, 0.25) is 0 Å². The summed E-state index contributed by atoms with van der Waals surface area (Å²) in [5.74, 6) is -1.80. The van der Waals surface area contributed by atoms with Crippen molar-refractivity contribution in [1.29, 1.82) is 0 Å². The number of aryl methyl sites for hydroxylation is 1. The number of carbonyl (C=O) groups is 2. The number of hydrogen-bond donors (Lipinski definition) is 0. The first kappa shape index (κ1) is 20.8. The summed E-state index contributed by atoms with van der Waals surface area (Å²) < 4.78 is 31.3. The third-order valence-electron chi connectivity index (χ3n) is 4.37. The molecule has 0 bridgehead atoms. The Morgan fingerprint density at radius 1 is 1.10 bits per heavy atom. The molecule has 0 unspecified atom stereocenters. The fourth-order valence-corrected chi connectivity index (χ4v) is 2.85. The number of rotatable bonds is 6. The first-order valence-corrected chi connectivity index (χ1v) is 8.90. The fourth-order valence-electron chi connectivity index (χ4n) is 2.85. The lowest BCUT2D eigenvalue weighted by atomic mass is 10.1. The number of benzene rings is 1. The lowest BCUT2D eigenvalue weighted by Gasteiger charge is -2.25. The Hall–Kier alpha value is -3.88. The van der Waals surface area contributed by atoms with Crippen LogP contribution in [0.15, 0.2) is 66.2 Å². The molecule has 3 rings (SSSR count). The van der Waals surface area contributed by atoms with Crippen molar-refractivity contribution in [1.82, 2.24) is 9.78 Å². The normalized spacial score (nSPS) is 13.3. The summed E-state index contributed by atoms with van der Waals surface area (Å²) in [5.41, 5.74) is 0.817. The zero-order valence-corrected chi connectivity index (χ0v) is 16.7. The molecule has 0 aliphatic carbocycles. The second-order valence-corrected chi connectivity index (χ2v) is 6.16. The van der Waals surface area contributed by atoms with E-state index in [1.807, 2.05) is 0 Å². The molecule has 9 heteroatoms. The fraction of sp³-hybridized carbons (Fsp3) is 0.190.